The van der Waals surface area contributed by atoms with Crippen molar-refractivity contribution in [3.8, 4) is 0 Å². The van der Waals surface area contributed by atoms with Crippen molar-refractivity contribution in [3.63, 3.8) is 0 Å². The molecule has 0 aliphatic carbocycles. The third-order valence-electron chi connectivity index (χ3n) is 5.35. The Hall–Kier alpha value is -3.03. The van der Waals surface area contributed by atoms with E-state index in [1.165, 1.54) is 12.1 Å². The summed E-state index contributed by atoms with van der Waals surface area (Å²) >= 11 is 0. The Morgan fingerprint density at radius 3 is 2.93 bits per heavy atom. The molecule has 0 saturated heterocycles. The van der Waals surface area contributed by atoms with Crippen molar-refractivity contribution in [2.75, 3.05) is 0 Å². The molecular formula is C19H19F2N5O. The van der Waals surface area contributed by atoms with Gasteiger partial charge in [-0.1, -0.05) is 13.8 Å². The lowest BCUT2D eigenvalue weighted by molar-refractivity contribution is 0.153. The van der Waals surface area contributed by atoms with E-state index in [4.69, 9.17) is 0 Å². The van der Waals surface area contributed by atoms with Crippen LogP contribution in [0.1, 0.15) is 25.8 Å². The number of hydrogen-bond acceptors (Lipinski definition) is 5. The van der Waals surface area contributed by atoms with Gasteiger partial charge in [0.25, 0.3) is 0 Å². The maximum absolute atomic E-state index is 14.2. The number of rotatable bonds is 4. The first-order valence-electron chi connectivity index (χ1n) is 8.79. The minimum atomic E-state index is -1.06. The number of fused-ring (bicyclic) bond motifs is 2. The lowest BCUT2D eigenvalue weighted by Gasteiger charge is -2.43. The van der Waals surface area contributed by atoms with Gasteiger partial charge in [0.2, 0.25) is 5.56 Å². The summed E-state index contributed by atoms with van der Waals surface area (Å²) < 4.78 is 27.8. The molecule has 2 unspecified atom stereocenters. The van der Waals surface area contributed by atoms with Crippen LogP contribution in [-0.4, -0.2) is 27.7 Å². The van der Waals surface area contributed by atoms with Crippen molar-refractivity contribution in [3.05, 3.63) is 58.2 Å². The molecule has 4 rings (SSSR count). The van der Waals surface area contributed by atoms with Gasteiger partial charge < -0.3 is 15.2 Å². The van der Waals surface area contributed by atoms with Gasteiger partial charge in [-0.05, 0) is 24.1 Å². The SMILES string of the molecule is CCC(C)C12NC=CN=C1N=CN2Cc1cc(=O)[nH]c2c(F)c(F)ccc12. The van der Waals surface area contributed by atoms with E-state index in [1.54, 1.807) is 18.7 Å². The van der Waals surface area contributed by atoms with E-state index in [9.17, 15) is 13.6 Å². The minimum Gasteiger partial charge on any atom is -0.361 e. The van der Waals surface area contributed by atoms with Crippen LogP contribution in [0.4, 0.5) is 8.78 Å². The van der Waals surface area contributed by atoms with E-state index in [0.29, 0.717) is 23.3 Å². The highest BCUT2D eigenvalue weighted by Gasteiger charge is 2.48. The topological polar surface area (TPSA) is 72.8 Å². The summed E-state index contributed by atoms with van der Waals surface area (Å²) in [5, 5.41) is 3.82. The second-order valence-corrected chi connectivity index (χ2v) is 6.80. The van der Waals surface area contributed by atoms with Gasteiger partial charge in [-0.25, -0.2) is 18.8 Å². The molecule has 3 heterocycles. The second kappa shape index (κ2) is 6.29. The van der Waals surface area contributed by atoms with Crippen molar-refractivity contribution in [1.29, 1.82) is 0 Å². The predicted molar refractivity (Wildman–Crippen MR) is 100 cm³/mol. The smallest absolute Gasteiger partial charge is 0.248 e. The number of amidine groups is 1. The summed E-state index contributed by atoms with van der Waals surface area (Å²) in [6, 6.07) is 3.95. The van der Waals surface area contributed by atoms with Gasteiger partial charge >= 0.3 is 0 Å². The molecule has 1 aromatic carbocycles. The molecule has 0 bridgehead atoms. The quantitative estimate of drug-likeness (QED) is 0.868. The van der Waals surface area contributed by atoms with E-state index in [0.717, 1.165) is 12.5 Å². The monoisotopic (exact) mass is 371 g/mol. The molecule has 2 aliphatic rings. The van der Waals surface area contributed by atoms with Gasteiger partial charge in [0, 0.05) is 36.3 Å². The number of aromatic nitrogens is 1. The van der Waals surface area contributed by atoms with Gasteiger partial charge in [0.05, 0.1) is 11.9 Å². The largest absolute Gasteiger partial charge is 0.361 e. The van der Waals surface area contributed by atoms with Crippen LogP contribution in [0.3, 0.4) is 0 Å². The van der Waals surface area contributed by atoms with Gasteiger partial charge in [-0.15, -0.1) is 0 Å². The summed E-state index contributed by atoms with van der Waals surface area (Å²) in [6.07, 6.45) is 5.97. The molecule has 0 spiro atoms. The fourth-order valence-corrected chi connectivity index (χ4v) is 3.75. The Bertz CT molecular complexity index is 1060. The van der Waals surface area contributed by atoms with Crippen LogP contribution < -0.4 is 10.9 Å². The Morgan fingerprint density at radius 2 is 2.15 bits per heavy atom. The number of hydrogen-bond donors (Lipinski definition) is 2. The van der Waals surface area contributed by atoms with Crippen molar-refractivity contribution in [2.24, 2.45) is 15.9 Å². The van der Waals surface area contributed by atoms with Crippen LogP contribution in [0, 0.1) is 17.6 Å². The summed E-state index contributed by atoms with van der Waals surface area (Å²) in [7, 11) is 0. The maximum atomic E-state index is 14.2. The van der Waals surface area contributed by atoms with Crippen LogP contribution in [0.25, 0.3) is 10.9 Å². The molecule has 0 radical (unpaired) electrons. The van der Waals surface area contributed by atoms with Gasteiger partial charge in [-0.2, -0.15) is 0 Å². The highest BCUT2D eigenvalue weighted by Crippen LogP contribution is 2.34. The molecule has 8 heteroatoms. The first-order chi connectivity index (χ1) is 13.0. The molecule has 2 aliphatic heterocycles. The van der Waals surface area contributed by atoms with Crippen LogP contribution in [0.15, 0.2) is 45.4 Å². The van der Waals surface area contributed by atoms with Crippen molar-refractivity contribution < 1.29 is 8.78 Å². The average molecular weight is 371 g/mol. The van der Waals surface area contributed by atoms with Crippen molar-refractivity contribution in [2.45, 2.75) is 32.5 Å². The first-order valence-corrected chi connectivity index (χ1v) is 8.79. The number of benzene rings is 1. The molecule has 2 aromatic rings. The van der Waals surface area contributed by atoms with E-state index in [-0.39, 0.29) is 11.4 Å². The van der Waals surface area contributed by atoms with E-state index in [2.05, 4.69) is 34.1 Å². The van der Waals surface area contributed by atoms with Crippen LogP contribution >= 0.6 is 0 Å². The maximum Gasteiger partial charge on any atom is 0.248 e. The van der Waals surface area contributed by atoms with Crippen LogP contribution in [0.5, 0.6) is 0 Å². The number of aliphatic imine (C=N–C) groups is 2. The number of pyridine rings is 1. The zero-order chi connectivity index (χ0) is 19.2. The Balaban J connectivity index is 1.82. The number of nitrogens with one attached hydrogen (secondary N) is 2. The Labute approximate surface area is 154 Å². The van der Waals surface area contributed by atoms with Gasteiger partial charge in [0.15, 0.2) is 23.1 Å². The molecular weight excluding hydrogens is 352 g/mol. The predicted octanol–water partition coefficient (Wildman–Crippen LogP) is 2.87. The summed E-state index contributed by atoms with van der Waals surface area (Å²) in [4.78, 5) is 25.2. The normalized spacial score (nSPS) is 21.9. The molecule has 27 heavy (non-hydrogen) atoms. The molecule has 0 saturated carbocycles. The summed E-state index contributed by atoms with van der Waals surface area (Å²) in [5.41, 5.74) is -0.672. The molecule has 2 atom stereocenters. The van der Waals surface area contributed by atoms with Crippen molar-refractivity contribution in [1.82, 2.24) is 15.2 Å². The number of nitrogens with zero attached hydrogens (tertiary/aromatic N) is 3. The first kappa shape index (κ1) is 17.4. The third-order valence-corrected chi connectivity index (χ3v) is 5.35. The number of halogens is 2. The summed E-state index contributed by atoms with van der Waals surface area (Å²) in [5.74, 6) is -1.25. The molecule has 140 valence electrons. The highest BCUT2D eigenvalue weighted by molar-refractivity contribution is 6.03. The Morgan fingerprint density at radius 1 is 1.33 bits per heavy atom. The molecule has 6 nitrogen and oxygen atoms in total. The number of aromatic amines is 1. The number of H-pyrrole nitrogens is 1. The lowest BCUT2D eigenvalue weighted by Crippen LogP contribution is -2.63. The molecule has 0 fully saturated rings. The van der Waals surface area contributed by atoms with E-state index in [1.807, 2.05) is 4.90 Å². The average Bonchev–Trinajstić information content (AvgIpc) is 3.04. The second-order valence-electron chi connectivity index (χ2n) is 6.80. The fourth-order valence-electron chi connectivity index (χ4n) is 3.75. The van der Waals surface area contributed by atoms with Crippen molar-refractivity contribution >= 4 is 23.1 Å². The molecule has 2 N–H and O–H groups in total. The zero-order valence-electron chi connectivity index (χ0n) is 15.0. The zero-order valence-corrected chi connectivity index (χ0v) is 15.0. The third kappa shape index (κ3) is 2.55. The van der Waals surface area contributed by atoms with Gasteiger partial charge in [-0.3, -0.25) is 4.79 Å². The lowest BCUT2D eigenvalue weighted by atomic mass is 9.88. The summed E-state index contributed by atoms with van der Waals surface area (Å²) in [6.45, 7) is 4.46. The fraction of sp³-hybridized carbons (Fsp3) is 0.316. The molecule has 0 amide bonds. The standard InChI is InChI=1S/C19H19F2N5O/c1-3-11(2)19-18(22-6-7-24-19)23-10-26(19)9-12-8-15(27)25-17-13(12)4-5-14(20)16(17)21/h4-8,10-11,24H,3,9H2,1-2H3,(H,25,27). The Kier molecular flexibility index (Phi) is 4.05. The highest BCUT2D eigenvalue weighted by atomic mass is 19.2. The van der Waals surface area contributed by atoms with Crippen LogP contribution in [-0.2, 0) is 6.54 Å². The molecule has 1 aromatic heterocycles. The van der Waals surface area contributed by atoms with Crippen LogP contribution in [0.2, 0.25) is 0 Å². The van der Waals surface area contributed by atoms with Gasteiger partial charge in [0.1, 0.15) is 0 Å². The van der Waals surface area contributed by atoms with E-state index >= 15 is 0 Å². The van der Waals surface area contributed by atoms with E-state index < -0.39 is 22.9 Å². The minimum absolute atomic E-state index is 0.128.